The van der Waals surface area contributed by atoms with Crippen LogP contribution in [0.3, 0.4) is 0 Å². The number of imidazole rings is 1. The summed E-state index contributed by atoms with van der Waals surface area (Å²) in [5.74, 6) is 1.22. The number of hydrogen-bond donors (Lipinski definition) is 3. The third-order valence-electron chi connectivity index (χ3n) is 2.80. The number of nitrogens with one attached hydrogen (secondary N) is 2. The quantitative estimate of drug-likeness (QED) is 0.632. The lowest BCUT2D eigenvalue weighted by molar-refractivity contribution is 0.167. The number of hydrogen-bond acceptors (Lipinski definition) is 6. The van der Waals surface area contributed by atoms with Gasteiger partial charge in [-0.2, -0.15) is 0 Å². The average Bonchev–Trinajstić information content (AvgIpc) is 2.97. The molecule has 7 nitrogen and oxygen atoms in total. The van der Waals surface area contributed by atoms with Crippen LogP contribution in [0.1, 0.15) is 6.92 Å². The van der Waals surface area contributed by atoms with E-state index in [1.54, 1.807) is 26.3 Å². The number of thiol groups is 1. The molecule has 0 aliphatic rings. The maximum Gasteiger partial charge on any atom is 0.413 e. The summed E-state index contributed by atoms with van der Waals surface area (Å²) in [6.45, 7) is 2.04. The van der Waals surface area contributed by atoms with Crippen LogP contribution in [0.25, 0.3) is 11.2 Å². The highest BCUT2D eigenvalue weighted by atomic mass is 32.1. The second-order valence-corrected chi connectivity index (χ2v) is 5.03. The molecule has 0 saturated heterocycles. The highest BCUT2D eigenvalue weighted by Crippen LogP contribution is 2.15. The van der Waals surface area contributed by atoms with E-state index in [1.807, 2.05) is 30.3 Å². The van der Waals surface area contributed by atoms with E-state index in [0.29, 0.717) is 28.6 Å². The van der Waals surface area contributed by atoms with Gasteiger partial charge in [0.2, 0.25) is 5.95 Å². The van der Waals surface area contributed by atoms with Gasteiger partial charge in [-0.15, -0.1) is 12.6 Å². The van der Waals surface area contributed by atoms with Gasteiger partial charge in [0, 0.05) is 11.1 Å². The summed E-state index contributed by atoms with van der Waals surface area (Å²) in [5.41, 5.74) is 1.23. The fourth-order valence-electron chi connectivity index (χ4n) is 1.76. The minimum atomic E-state index is -0.548. The predicted octanol–water partition coefficient (Wildman–Crippen LogP) is 3.51. The minimum absolute atomic E-state index is 0.305. The van der Waals surface area contributed by atoms with Crippen LogP contribution >= 0.6 is 12.6 Å². The minimum Gasteiger partial charge on any atom is -0.497 e. The molecule has 0 radical (unpaired) electrons. The number of methoxy groups -OCH3 is 1. The van der Waals surface area contributed by atoms with Crippen molar-refractivity contribution in [3.8, 4) is 5.75 Å². The van der Waals surface area contributed by atoms with Crippen molar-refractivity contribution in [2.24, 2.45) is 0 Å². The van der Waals surface area contributed by atoms with Crippen LogP contribution in [0.4, 0.5) is 10.7 Å². The smallest absolute Gasteiger partial charge is 0.413 e. The highest BCUT2D eigenvalue weighted by molar-refractivity contribution is 7.80. The van der Waals surface area contributed by atoms with Gasteiger partial charge in [-0.05, 0) is 25.1 Å². The van der Waals surface area contributed by atoms with Gasteiger partial charge in [0.25, 0.3) is 0 Å². The van der Waals surface area contributed by atoms with Crippen molar-refractivity contribution < 1.29 is 14.3 Å². The Balaban J connectivity index is 0.000000219. The number of carbonyl (C=O) groups excluding carboxylic acids is 1. The Labute approximate surface area is 144 Å². The molecule has 1 aromatic carbocycles. The first-order chi connectivity index (χ1) is 11.6. The number of H-pyrrole nitrogens is 1. The number of rotatable bonds is 3. The molecule has 3 aromatic rings. The van der Waals surface area contributed by atoms with E-state index in [2.05, 4.69) is 32.9 Å². The summed E-state index contributed by atoms with van der Waals surface area (Å²) >= 11 is 4.14. The maximum absolute atomic E-state index is 11.1. The summed E-state index contributed by atoms with van der Waals surface area (Å²) in [6.07, 6.45) is 1.05. The van der Waals surface area contributed by atoms with Crippen LogP contribution < -0.4 is 10.1 Å². The Kier molecular flexibility index (Phi) is 6.44. The number of aromatic nitrogens is 3. The van der Waals surface area contributed by atoms with Crippen LogP contribution in [0.2, 0.25) is 0 Å². The first-order valence-electron chi connectivity index (χ1n) is 7.20. The first kappa shape index (κ1) is 17.6. The number of pyridine rings is 1. The van der Waals surface area contributed by atoms with Gasteiger partial charge in [0.1, 0.15) is 11.3 Å². The normalized spacial score (nSPS) is 9.79. The molecule has 0 fully saturated rings. The van der Waals surface area contributed by atoms with Gasteiger partial charge >= 0.3 is 6.09 Å². The second kappa shape index (κ2) is 8.78. The fraction of sp³-hybridized carbons (Fsp3) is 0.188. The zero-order valence-corrected chi connectivity index (χ0v) is 14.2. The summed E-state index contributed by atoms with van der Waals surface area (Å²) in [6, 6.07) is 11.4. The molecule has 8 heteroatoms. The van der Waals surface area contributed by atoms with Gasteiger partial charge in [-0.1, -0.05) is 18.2 Å². The van der Waals surface area contributed by atoms with Crippen molar-refractivity contribution in [2.45, 2.75) is 11.8 Å². The van der Waals surface area contributed by atoms with Gasteiger partial charge in [0.15, 0.2) is 5.65 Å². The first-order valence-corrected chi connectivity index (χ1v) is 7.64. The lowest BCUT2D eigenvalue weighted by Crippen LogP contribution is -2.14. The molecule has 3 rings (SSSR count). The van der Waals surface area contributed by atoms with E-state index in [1.165, 1.54) is 0 Å². The molecule has 0 bridgehead atoms. The van der Waals surface area contributed by atoms with Crippen LogP contribution in [-0.4, -0.2) is 34.8 Å². The number of anilines is 1. The van der Waals surface area contributed by atoms with Gasteiger partial charge in [-0.25, -0.2) is 14.8 Å². The summed E-state index contributed by atoms with van der Waals surface area (Å²) in [7, 11) is 1.66. The lowest BCUT2D eigenvalue weighted by atomic mass is 10.3. The van der Waals surface area contributed by atoms with Gasteiger partial charge < -0.3 is 14.5 Å². The standard InChI is InChI=1S/C9H10N4O2S.C7H8O/c1-2-15-9(14)13-8-11-6-3-5(16)4-10-7(6)12-8;1-8-7-5-3-2-4-6-7/h3-4,16H,2H2,1H3,(H2,10,11,12,13,14);2-6H,1H3. The van der Waals surface area contributed by atoms with Gasteiger partial charge in [-0.3, -0.25) is 5.32 Å². The maximum atomic E-state index is 11.1. The highest BCUT2D eigenvalue weighted by Gasteiger charge is 2.07. The van der Waals surface area contributed by atoms with E-state index in [4.69, 9.17) is 9.47 Å². The molecule has 2 N–H and O–H groups in total. The van der Waals surface area contributed by atoms with Crippen molar-refractivity contribution >= 4 is 35.8 Å². The van der Waals surface area contributed by atoms with Crippen LogP contribution in [-0.2, 0) is 4.74 Å². The van der Waals surface area contributed by atoms with Crippen molar-refractivity contribution in [3.05, 3.63) is 42.6 Å². The third kappa shape index (κ3) is 5.17. The molecule has 0 aliphatic carbocycles. The van der Waals surface area contributed by atoms with E-state index in [0.717, 1.165) is 5.75 Å². The van der Waals surface area contributed by atoms with Crippen LogP contribution in [0.15, 0.2) is 47.5 Å². The topological polar surface area (TPSA) is 89.1 Å². The fourth-order valence-corrected chi connectivity index (χ4v) is 1.94. The molecule has 0 spiro atoms. The van der Waals surface area contributed by atoms with Crippen LogP contribution in [0, 0.1) is 0 Å². The SMILES string of the molecule is CCOC(=O)Nc1nc2cc(S)cnc2[nH]1.COc1ccccc1. The Morgan fingerprint density at radius 3 is 2.71 bits per heavy atom. The van der Waals surface area contributed by atoms with E-state index < -0.39 is 6.09 Å². The number of amides is 1. The predicted molar refractivity (Wildman–Crippen MR) is 94.8 cm³/mol. The van der Waals surface area contributed by atoms with Crippen molar-refractivity contribution in [3.63, 3.8) is 0 Å². The lowest BCUT2D eigenvalue weighted by Gasteiger charge is -2.00. The number of carbonyl (C=O) groups is 1. The Morgan fingerprint density at radius 2 is 2.08 bits per heavy atom. The Morgan fingerprint density at radius 1 is 1.33 bits per heavy atom. The van der Waals surface area contributed by atoms with Crippen LogP contribution in [0.5, 0.6) is 5.75 Å². The van der Waals surface area contributed by atoms with Crippen molar-refractivity contribution in [1.29, 1.82) is 0 Å². The van der Waals surface area contributed by atoms with Crippen molar-refractivity contribution in [2.75, 3.05) is 19.0 Å². The number of benzene rings is 1. The molecule has 0 saturated carbocycles. The molecule has 0 atom stereocenters. The van der Waals surface area contributed by atoms with E-state index in [-0.39, 0.29) is 0 Å². The number of para-hydroxylation sites is 1. The monoisotopic (exact) mass is 346 g/mol. The number of aromatic amines is 1. The molecule has 0 aliphatic heterocycles. The van der Waals surface area contributed by atoms with Gasteiger partial charge in [0.05, 0.1) is 13.7 Å². The molecule has 2 heterocycles. The molecule has 126 valence electrons. The number of ether oxygens (including phenoxy) is 2. The Bertz CT molecular complexity index is 792. The second-order valence-electron chi connectivity index (χ2n) is 4.51. The number of nitrogens with zero attached hydrogens (tertiary/aromatic N) is 2. The zero-order chi connectivity index (χ0) is 17.4. The Hall–Kier alpha value is -2.74. The largest absolute Gasteiger partial charge is 0.497 e. The molecular formula is C16H18N4O3S. The van der Waals surface area contributed by atoms with Crippen molar-refractivity contribution in [1.82, 2.24) is 15.0 Å². The summed E-state index contributed by atoms with van der Waals surface area (Å²) in [5, 5.41) is 2.46. The molecule has 0 unspecified atom stereocenters. The van der Waals surface area contributed by atoms with E-state index in [9.17, 15) is 4.79 Å². The summed E-state index contributed by atoms with van der Waals surface area (Å²) < 4.78 is 9.63. The molecule has 24 heavy (non-hydrogen) atoms. The average molecular weight is 346 g/mol. The molecular weight excluding hydrogens is 328 g/mol. The zero-order valence-electron chi connectivity index (χ0n) is 13.3. The number of fused-ring (bicyclic) bond motifs is 1. The summed E-state index contributed by atoms with van der Waals surface area (Å²) in [4.78, 5) is 22.9. The molecule has 2 aromatic heterocycles. The third-order valence-corrected chi connectivity index (χ3v) is 3.04. The van der Waals surface area contributed by atoms with E-state index >= 15 is 0 Å². The molecule has 1 amide bonds.